The van der Waals surface area contributed by atoms with Crippen LogP contribution in [0.5, 0.6) is 0 Å². The fourth-order valence-electron chi connectivity index (χ4n) is 3.28. The number of rotatable bonds is 1. The number of aromatic amines is 1. The van der Waals surface area contributed by atoms with Gasteiger partial charge in [-0.25, -0.2) is 9.78 Å². The Labute approximate surface area is 157 Å². The van der Waals surface area contributed by atoms with E-state index >= 15 is 0 Å². The summed E-state index contributed by atoms with van der Waals surface area (Å²) in [6, 6.07) is 18.5. The number of H-pyrrole nitrogens is 1. The summed E-state index contributed by atoms with van der Waals surface area (Å²) in [4.78, 5) is 35.3. The summed E-state index contributed by atoms with van der Waals surface area (Å²) >= 11 is 6.42. The maximum Gasteiger partial charge on any atom is 0.349 e. The Morgan fingerprint density at radius 3 is 2.52 bits per heavy atom. The van der Waals surface area contributed by atoms with Crippen LogP contribution in [0, 0.1) is 0 Å². The average Bonchev–Trinajstić information content (AvgIpc) is 2.66. The van der Waals surface area contributed by atoms with Gasteiger partial charge in [-0.05, 0) is 30.3 Å². The van der Waals surface area contributed by atoms with Crippen LogP contribution in [-0.4, -0.2) is 19.5 Å². The SMILES string of the molecule is O=c1nc2n(-c3ccccc3Cl)c3nc4ccccc4cc3cc-2c(=O)[nH]1. The van der Waals surface area contributed by atoms with Crippen molar-refractivity contribution in [2.75, 3.05) is 0 Å². The van der Waals surface area contributed by atoms with Gasteiger partial charge in [0.15, 0.2) is 5.82 Å². The van der Waals surface area contributed by atoms with E-state index in [1.165, 1.54) is 0 Å². The number of aromatic nitrogens is 4. The highest BCUT2D eigenvalue weighted by Crippen LogP contribution is 2.31. The van der Waals surface area contributed by atoms with Crippen molar-refractivity contribution < 1.29 is 0 Å². The molecule has 0 saturated carbocycles. The van der Waals surface area contributed by atoms with Crippen molar-refractivity contribution in [3.63, 3.8) is 0 Å². The molecule has 0 fully saturated rings. The highest BCUT2D eigenvalue weighted by atomic mass is 35.5. The molecule has 2 aromatic carbocycles. The molecule has 0 radical (unpaired) electrons. The lowest BCUT2D eigenvalue weighted by molar-refractivity contribution is 0.952. The van der Waals surface area contributed by atoms with Crippen LogP contribution in [-0.2, 0) is 0 Å². The van der Waals surface area contributed by atoms with E-state index in [1.54, 1.807) is 22.8 Å². The van der Waals surface area contributed by atoms with E-state index in [4.69, 9.17) is 16.6 Å². The minimum absolute atomic E-state index is 0.215. The van der Waals surface area contributed by atoms with Gasteiger partial charge in [-0.2, -0.15) is 4.98 Å². The molecule has 0 unspecified atom stereocenters. The summed E-state index contributed by atoms with van der Waals surface area (Å²) in [5, 5.41) is 2.15. The molecule has 7 heteroatoms. The lowest BCUT2D eigenvalue weighted by atomic mass is 10.1. The molecule has 0 amide bonds. The van der Waals surface area contributed by atoms with Crippen molar-refractivity contribution in [1.29, 1.82) is 0 Å². The van der Waals surface area contributed by atoms with Gasteiger partial charge in [0.25, 0.3) is 5.56 Å². The molecule has 1 N–H and O–H groups in total. The number of hydrogen-bond acceptors (Lipinski definition) is 4. The second kappa shape index (κ2) is 5.75. The molecule has 2 aliphatic heterocycles. The minimum Gasteiger partial charge on any atom is -0.276 e. The zero-order chi connectivity index (χ0) is 18.5. The standard InChI is InChI=1S/C20H11ClN4O2/c21-14-6-2-4-8-16(14)25-17-12(9-11-5-1-3-7-15(11)22-17)10-13-18(25)23-20(27)24-19(13)26/h1-10H,(H,24,26,27). The third-order valence-electron chi connectivity index (χ3n) is 4.46. The number of nitrogens with zero attached hydrogens (tertiary/aromatic N) is 3. The highest BCUT2D eigenvalue weighted by Gasteiger charge is 2.20. The normalized spacial score (nSPS) is 11.4. The van der Waals surface area contributed by atoms with Crippen molar-refractivity contribution in [3.05, 3.63) is 86.5 Å². The number of hydrogen-bond donors (Lipinski definition) is 1. The van der Waals surface area contributed by atoms with Gasteiger partial charge in [-0.15, -0.1) is 0 Å². The molecular weight excluding hydrogens is 364 g/mol. The number of nitrogens with one attached hydrogen (secondary N) is 1. The molecule has 2 aliphatic rings. The molecule has 130 valence electrons. The predicted molar refractivity (Wildman–Crippen MR) is 105 cm³/mol. The number of pyridine rings is 2. The van der Waals surface area contributed by atoms with Crippen LogP contribution < -0.4 is 11.2 Å². The number of benzene rings is 2. The molecule has 0 aliphatic carbocycles. The van der Waals surface area contributed by atoms with Gasteiger partial charge in [0.1, 0.15) is 5.65 Å². The largest absolute Gasteiger partial charge is 0.349 e. The number of halogens is 1. The van der Waals surface area contributed by atoms with Crippen molar-refractivity contribution in [2.24, 2.45) is 0 Å². The first kappa shape index (κ1) is 15.7. The van der Waals surface area contributed by atoms with E-state index < -0.39 is 11.2 Å². The van der Waals surface area contributed by atoms with Gasteiger partial charge in [-0.1, -0.05) is 41.9 Å². The summed E-state index contributed by atoms with van der Waals surface area (Å²) in [6.07, 6.45) is 0. The Balaban J connectivity index is 2.08. The molecular formula is C20H11ClN4O2. The van der Waals surface area contributed by atoms with Gasteiger partial charge in [0.2, 0.25) is 0 Å². The zero-order valence-electron chi connectivity index (χ0n) is 13.8. The maximum atomic E-state index is 12.4. The first-order valence-electron chi connectivity index (χ1n) is 8.22. The van der Waals surface area contributed by atoms with Crippen LogP contribution in [0.4, 0.5) is 0 Å². The second-order valence-corrected chi connectivity index (χ2v) is 6.54. The van der Waals surface area contributed by atoms with Gasteiger partial charge >= 0.3 is 5.69 Å². The lowest BCUT2D eigenvalue weighted by Crippen LogP contribution is -2.27. The third-order valence-corrected chi connectivity index (χ3v) is 4.78. The van der Waals surface area contributed by atoms with E-state index in [-0.39, 0.29) is 5.82 Å². The average molecular weight is 375 g/mol. The number of fused-ring (bicyclic) bond motifs is 3. The second-order valence-electron chi connectivity index (χ2n) is 6.13. The van der Waals surface area contributed by atoms with Gasteiger partial charge in [0, 0.05) is 10.8 Å². The van der Waals surface area contributed by atoms with Crippen molar-refractivity contribution in [2.45, 2.75) is 0 Å². The highest BCUT2D eigenvalue weighted by molar-refractivity contribution is 6.32. The fourth-order valence-corrected chi connectivity index (χ4v) is 3.50. The van der Waals surface area contributed by atoms with E-state index in [1.807, 2.05) is 42.5 Å². The minimum atomic E-state index is -0.714. The van der Waals surface area contributed by atoms with Crippen molar-refractivity contribution in [3.8, 4) is 17.1 Å². The monoisotopic (exact) mass is 374 g/mol. The van der Waals surface area contributed by atoms with Crippen LogP contribution in [0.2, 0.25) is 5.02 Å². The summed E-state index contributed by atoms with van der Waals surface area (Å²) in [5.74, 6) is 0.215. The fraction of sp³-hybridized carbons (Fsp3) is 0. The summed E-state index contributed by atoms with van der Waals surface area (Å²) in [6.45, 7) is 0. The Hall–Kier alpha value is -3.51. The Morgan fingerprint density at radius 2 is 1.67 bits per heavy atom. The van der Waals surface area contributed by atoms with Gasteiger partial charge in [-0.3, -0.25) is 14.3 Å². The quantitative estimate of drug-likeness (QED) is 0.456. The van der Waals surface area contributed by atoms with Crippen LogP contribution in [0.1, 0.15) is 0 Å². The first-order chi connectivity index (χ1) is 13.1. The molecule has 1 aromatic heterocycles. The topological polar surface area (TPSA) is 80.6 Å². The van der Waals surface area contributed by atoms with Gasteiger partial charge < -0.3 is 0 Å². The first-order valence-corrected chi connectivity index (χ1v) is 8.60. The molecule has 0 bridgehead atoms. The summed E-state index contributed by atoms with van der Waals surface area (Å²) < 4.78 is 1.66. The van der Waals surface area contributed by atoms with E-state index in [9.17, 15) is 9.59 Å². The number of para-hydroxylation sites is 2. The molecule has 3 heterocycles. The summed E-state index contributed by atoms with van der Waals surface area (Å²) in [5.41, 5.74) is 1.02. The lowest BCUT2D eigenvalue weighted by Gasteiger charge is -2.18. The predicted octanol–water partition coefficient (Wildman–Crippen LogP) is 3.38. The molecule has 27 heavy (non-hydrogen) atoms. The third kappa shape index (κ3) is 2.42. The van der Waals surface area contributed by atoms with E-state index in [0.29, 0.717) is 21.9 Å². The zero-order valence-corrected chi connectivity index (χ0v) is 14.6. The molecule has 5 rings (SSSR count). The molecule has 0 atom stereocenters. The van der Waals surface area contributed by atoms with Crippen molar-refractivity contribution in [1.82, 2.24) is 19.5 Å². The smallest absolute Gasteiger partial charge is 0.276 e. The van der Waals surface area contributed by atoms with E-state index in [2.05, 4.69) is 9.97 Å². The Morgan fingerprint density at radius 1 is 0.889 bits per heavy atom. The molecule has 3 aromatic rings. The van der Waals surface area contributed by atoms with Crippen LogP contribution >= 0.6 is 11.6 Å². The Kier molecular flexibility index (Phi) is 3.35. The molecule has 0 spiro atoms. The van der Waals surface area contributed by atoms with Crippen LogP contribution in [0.3, 0.4) is 0 Å². The van der Waals surface area contributed by atoms with Crippen molar-refractivity contribution >= 4 is 33.5 Å². The summed E-state index contributed by atoms with van der Waals surface area (Å²) in [7, 11) is 0. The maximum absolute atomic E-state index is 12.4. The van der Waals surface area contributed by atoms with Crippen LogP contribution in [0.15, 0.2) is 70.3 Å². The molecule has 0 saturated heterocycles. The Bertz CT molecular complexity index is 1440. The van der Waals surface area contributed by atoms with Gasteiger partial charge in [0.05, 0.1) is 21.8 Å². The van der Waals surface area contributed by atoms with E-state index in [0.717, 1.165) is 16.3 Å². The molecule has 6 nitrogen and oxygen atoms in total. The van der Waals surface area contributed by atoms with Crippen LogP contribution in [0.25, 0.3) is 39.0 Å².